The molecule has 0 saturated carbocycles. The zero-order chi connectivity index (χ0) is 16.8. The molecular weight excluding hydrogens is 308 g/mol. The van der Waals surface area contributed by atoms with E-state index in [9.17, 15) is 10.1 Å². The summed E-state index contributed by atoms with van der Waals surface area (Å²) >= 11 is 1.44. The monoisotopic (exact) mass is 330 g/mol. The van der Waals surface area contributed by atoms with E-state index < -0.39 is 0 Å². The Morgan fingerprint density at radius 1 is 1.13 bits per heavy atom. The zero-order valence-corrected chi connectivity index (χ0v) is 14.6. The van der Waals surface area contributed by atoms with E-state index in [0.717, 1.165) is 29.8 Å². The SMILES string of the molecule is Cc1ccc(Sc2ccc(CCCN(C)C)cc2[N+](=O)[O-])cc1. The highest BCUT2D eigenvalue weighted by molar-refractivity contribution is 7.99. The third-order valence-corrected chi connectivity index (χ3v) is 4.61. The van der Waals surface area contributed by atoms with Gasteiger partial charge in [-0.2, -0.15) is 0 Å². The maximum Gasteiger partial charge on any atom is 0.283 e. The number of nitro benzene ring substituents is 1. The Kier molecular flexibility index (Phi) is 6.19. The second-order valence-corrected chi connectivity index (χ2v) is 7.00. The van der Waals surface area contributed by atoms with Crippen LogP contribution in [0.5, 0.6) is 0 Å². The summed E-state index contributed by atoms with van der Waals surface area (Å²) in [7, 11) is 4.06. The molecule has 0 aliphatic rings. The summed E-state index contributed by atoms with van der Waals surface area (Å²) in [6, 6.07) is 13.6. The minimum atomic E-state index is -0.286. The van der Waals surface area contributed by atoms with Crippen LogP contribution in [0.3, 0.4) is 0 Å². The van der Waals surface area contributed by atoms with Gasteiger partial charge in [-0.25, -0.2) is 0 Å². The molecule has 2 aromatic rings. The normalized spacial score (nSPS) is 11.0. The molecule has 2 aromatic carbocycles. The Morgan fingerprint density at radius 3 is 2.43 bits per heavy atom. The van der Waals surface area contributed by atoms with Gasteiger partial charge in [0.25, 0.3) is 5.69 Å². The summed E-state index contributed by atoms with van der Waals surface area (Å²) in [5.74, 6) is 0. The zero-order valence-electron chi connectivity index (χ0n) is 13.8. The standard InChI is InChI=1S/C18H22N2O2S/c1-14-6-9-16(10-7-14)23-18-11-8-15(5-4-12-19(2)3)13-17(18)20(21)22/h6-11,13H,4-5,12H2,1-3H3. The van der Waals surface area contributed by atoms with E-state index in [1.165, 1.54) is 17.3 Å². The van der Waals surface area contributed by atoms with Crippen molar-refractivity contribution in [2.24, 2.45) is 0 Å². The van der Waals surface area contributed by atoms with Gasteiger partial charge in [0.2, 0.25) is 0 Å². The van der Waals surface area contributed by atoms with E-state index in [4.69, 9.17) is 0 Å². The van der Waals surface area contributed by atoms with Crippen molar-refractivity contribution in [3.63, 3.8) is 0 Å². The van der Waals surface area contributed by atoms with Crippen molar-refractivity contribution in [2.75, 3.05) is 20.6 Å². The van der Waals surface area contributed by atoms with Gasteiger partial charge in [0.05, 0.1) is 9.82 Å². The number of nitrogens with zero attached hydrogens (tertiary/aromatic N) is 2. The maximum absolute atomic E-state index is 11.4. The van der Waals surface area contributed by atoms with Crippen LogP contribution in [-0.2, 0) is 6.42 Å². The molecule has 4 nitrogen and oxygen atoms in total. The predicted molar refractivity (Wildman–Crippen MR) is 95.3 cm³/mol. The first-order valence-electron chi connectivity index (χ1n) is 7.62. The Morgan fingerprint density at radius 2 is 1.83 bits per heavy atom. The van der Waals surface area contributed by atoms with Crippen molar-refractivity contribution >= 4 is 17.4 Å². The average Bonchev–Trinajstić information content (AvgIpc) is 2.50. The van der Waals surface area contributed by atoms with Crippen LogP contribution in [0.25, 0.3) is 0 Å². The molecule has 0 aromatic heterocycles. The Bertz CT molecular complexity index is 669. The predicted octanol–water partition coefficient (Wildman–Crippen LogP) is 4.55. The highest BCUT2D eigenvalue weighted by atomic mass is 32.2. The maximum atomic E-state index is 11.4. The molecule has 0 aliphatic carbocycles. The largest absolute Gasteiger partial charge is 0.309 e. The van der Waals surface area contributed by atoms with Crippen LogP contribution in [0.2, 0.25) is 0 Å². The van der Waals surface area contributed by atoms with E-state index in [2.05, 4.69) is 4.90 Å². The lowest BCUT2D eigenvalue weighted by Crippen LogP contribution is -2.13. The van der Waals surface area contributed by atoms with Crippen molar-refractivity contribution < 1.29 is 4.92 Å². The summed E-state index contributed by atoms with van der Waals surface area (Å²) in [6.07, 6.45) is 1.85. The van der Waals surface area contributed by atoms with Gasteiger partial charge in [0.1, 0.15) is 0 Å². The number of hydrogen-bond acceptors (Lipinski definition) is 4. The van der Waals surface area contributed by atoms with Gasteiger partial charge in [-0.1, -0.05) is 35.5 Å². The van der Waals surface area contributed by atoms with Gasteiger partial charge in [0.15, 0.2) is 0 Å². The number of aryl methyl sites for hydroxylation is 2. The first-order chi connectivity index (χ1) is 11.0. The molecule has 0 fully saturated rings. The first-order valence-corrected chi connectivity index (χ1v) is 8.44. The summed E-state index contributed by atoms with van der Waals surface area (Å²) < 4.78 is 0. The van der Waals surface area contributed by atoms with Crippen LogP contribution in [0.1, 0.15) is 17.5 Å². The van der Waals surface area contributed by atoms with Crippen LogP contribution in [0.15, 0.2) is 52.3 Å². The Hall–Kier alpha value is -1.85. The van der Waals surface area contributed by atoms with Crippen LogP contribution in [-0.4, -0.2) is 30.5 Å². The lowest BCUT2D eigenvalue weighted by atomic mass is 10.1. The van der Waals surface area contributed by atoms with Crippen molar-refractivity contribution in [2.45, 2.75) is 29.6 Å². The third-order valence-electron chi connectivity index (χ3n) is 3.54. The second-order valence-electron chi connectivity index (χ2n) is 5.88. The van der Waals surface area contributed by atoms with Crippen molar-refractivity contribution in [1.29, 1.82) is 0 Å². The van der Waals surface area contributed by atoms with Crippen molar-refractivity contribution in [3.8, 4) is 0 Å². The molecule has 23 heavy (non-hydrogen) atoms. The van der Waals surface area contributed by atoms with Crippen molar-refractivity contribution in [3.05, 3.63) is 63.7 Å². The number of benzene rings is 2. The van der Waals surface area contributed by atoms with Crippen LogP contribution >= 0.6 is 11.8 Å². The van der Waals surface area contributed by atoms with Gasteiger partial charge in [-0.05, 0) is 64.2 Å². The highest BCUT2D eigenvalue weighted by Crippen LogP contribution is 2.35. The van der Waals surface area contributed by atoms with Gasteiger partial charge in [0, 0.05) is 11.0 Å². The van der Waals surface area contributed by atoms with Gasteiger partial charge in [-0.15, -0.1) is 0 Å². The first kappa shape index (κ1) is 17.5. The Balaban J connectivity index is 2.16. The lowest BCUT2D eigenvalue weighted by molar-refractivity contribution is -0.387. The molecule has 0 spiro atoms. The number of hydrogen-bond donors (Lipinski definition) is 0. The minimum absolute atomic E-state index is 0.193. The summed E-state index contributed by atoms with van der Waals surface area (Å²) in [5, 5.41) is 11.4. The van der Waals surface area contributed by atoms with Gasteiger partial charge >= 0.3 is 0 Å². The molecule has 0 saturated heterocycles. The topological polar surface area (TPSA) is 46.4 Å². The highest BCUT2D eigenvalue weighted by Gasteiger charge is 2.15. The fourth-order valence-electron chi connectivity index (χ4n) is 2.28. The molecular formula is C18H22N2O2S. The van der Waals surface area contributed by atoms with Gasteiger partial charge < -0.3 is 4.90 Å². The summed E-state index contributed by atoms with van der Waals surface area (Å²) in [6.45, 7) is 3.01. The molecule has 0 heterocycles. The molecule has 0 N–H and O–H groups in total. The molecule has 0 atom stereocenters. The smallest absolute Gasteiger partial charge is 0.283 e. The molecule has 0 unspecified atom stereocenters. The third kappa shape index (κ3) is 5.37. The molecule has 0 radical (unpaired) electrons. The minimum Gasteiger partial charge on any atom is -0.309 e. The van der Waals surface area contributed by atoms with E-state index in [0.29, 0.717) is 4.90 Å². The lowest BCUT2D eigenvalue weighted by Gasteiger charge is -2.10. The van der Waals surface area contributed by atoms with Crippen LogP contribution < -0.4 is 0 Å². The number of nitro groups is 1. The Labute approximate surface area is 141 Å². The van der Waals surface area contributed by atoms with Crippen LogP contribution in [0, 0.1) is 17.0 Å². The van der Waals surface area contributed by atoms with E-state index in [1.807, 2.05) is 57.4 Å². The van der Waals surface area contributed by atoms with E-state index >= 15 is 0 Å². The van der Waals surface area contributed by atoms with Crippen molar-refractivity contribution in [1.82, 2.24) is 4.90 Å². The molecule has 0 amide bonds. The van der Waals surface area contributed by atoms with E-state index in [-0.39, 0.29) is 10.6 Å². The van der Waals surface area contributed by atoms with E-state index in [1.54, 1.807) is 6.07 Å². The average molecular weight is 330 g/mol. The second kappa shape index (κ2) is 8.13. The molecule has 5 heteroatoms. The molecule has 0 bridgehead atoms. The summed E-state index contributed by atoms with van der Waals surface area (Å²) in [5.41, 5.74) is 2.39. The summed E-state index contributed by atoms with van der Waals surface area (Å²) in [4.78, 5) is 14.9. The van der Waals surface area contributed by atoms with Gasteiger partial charge in [-0.3, -0.25) is 10.1 Å². The fraction of sp³-hybridized carbons (Fsp3) is 0.333. The number of rotatable bonds is 7. The fourth-order valence-corrected chi connectivity index (χ4v) is 3.18. The van der Waals surface area contributed by atoms with Crippen LogP contribution in [0.4, 0.5) is 5.69 Å². The quantitative estimate of drug-likeness (QED) is 0.552. The molecule has 122 valence electrons. The molecule has 2 rings (SSSR count). The molecule has 0 aliphatic heterocycles.